The molecule has 0 aliphatic heterocycles. The molecule has 0 saturated heterocycles. The molecule has 3 nitrogen and oxygen atoms in total. The number of hydrogen-bond acceptors (Lipinski definition) is 3. The molecule has 0 aliphatic carbocycles. The Kier molecular flexibility index (Phi) is 3.31. The van der Waals surface area contributed by atoms with Crippen LogP contribution in [0.2, 0.25) is 0 Å². The summed E-state index contributed by atoms with van der Waals surface area (Å²) in [5, 5.41) is 9.89. The van der Waals surface area contributed by atoms with Crippen LogP contribution in [0.25, 0.3) is 10.9 Å². The number of benzene rings is 2. The van der Waals surface area contributed by atoms with Crippen molar-refractivity contribution in [1.29, 1.82) is 0 Å². The third kappa shape index (κ3) is 2.33. The number of aromatic nitrogens is 1. The number of hydrogen-bond donors (Lipinski definition) is 1. The molecule has 0 amide bonds. The van der Waals surface area contributed by atoms with Crippen LogP contribution in [0.5, 0.6) is 11.5 Å². The average Bonchev–Trinajstić information content (AvgIpc) is 2.49. The lowest BCUT2D eigenvalue weighted by Crippen LogP contribution is -1.92. The van der Waals surface area contributed by atoms with E-state index in [2.05, 4.69) is 4.98 Å². The van der Waals surface area contributed by atoms with Crippen LogP contribution in [0.3, 0.4) is 0 Å². The molecule has 0 aliphatic rings. The Morgan fingerprint density at radius 3 is 2.70 bits per heavy atom. The molecule has 2 aromatic carbocycles. The van der Waals surface area contributed by atoms with E-state index in [1.807, 2.05) is 24.3 Å². The lowest BCUT2D eigenvalue weighted by atomic mass is 10.2. The fraction of sp³-hybridized carbons (Fsp3) is 0.0625. The van der Waals surface area contributed by atoms with Gasteiger partial charge in [0.15, 0.2) is 17.3 Å². The zero-order valence-electron chi connectivity index (χ0n) is 10.6. The number of pyridine rings is 1. The minimum atomic E-state index is -0.510. The van der Waals surface area contributed by atoms with Crippen LogP contribution < -0.4 is 4.74 Å². The molecule has 3 aromatic rings. The van der Waals surface area contributed by atoms with E-state index in [-0.39, 0.29) is 12.4 Å². The largest absolute Gasteiger partial charge is 0.452 e. The van der Waals surface area contributed by atoms with Crippen molar-refractivity contribution >= 4 is 10.9 Å². The Hall–Kier alpha value is -2.46. The number of para-hydroxylation sites is 1. The van der Waals surface area contributed by atoms with Crippen molar-refractivity contribution in [2.45, 2.75) is 6.61 Å². The maximum atomic E-state index is 13.9. The molecule has 1 aromatic heterocycles. The first-order valence-electron chi connectivity index (χ1n) is 6.19. The van der Waals surface area contributed by atoms with Crippen molar-refractivity contribution in [3.05, 3.63) is 66.1 Å². The Morgan fingerprint density at radius 1 is 1.05 bits per heavy atom. The van der Waals surface area contributed by atoms with E-state index >= 15 is 0 Å². The summed E-state index contributed by atoms with van der Waals surface area (Å²) in [5.74, 6) is 0.101. The van der Waals surface area contributed by atoms with Crippen LogP contribution in [0.4, 0.5) is 4.39 Å². The Morgan fingerprint density at radius 2 is 1.90 bits per heavy atom. The third-order valence-corrected chi connectivity index (χ3v) is 2.99. The fourth-order valence-electron chi connectivity index (χ4n) is 2.00. The maximum absolute atomic E-state index is 13.9. The average molecular weight is 269 g/mol. The van der Waals surface area contributed by atoms with E-state index in [4.69, 9.17) is 9.84 Å². The summed E-state index contributed by atoms with van der Waals surface area (Å²) in [6.45, 7) is -0.201. The van der Waals surface area contributed by atoms with E-state index in [0.29, 0.717) is 16.8 Å². The summed E-state index contributed by atoms with van der Waals surface area (Å²) < 4.78 is 19.5. The van der Waals surface area contributed by atoms with Gasteiger partial charge in [0.2, 0.25) is 0 Å². The number of nitrogens with zero attached hydrogens (tertiary/aromatic N) is 1. The van der Waals surface area contributed by atoms with Gasteiger partial charge in [-0.1, -0.05) is 24.3 Å². The van der Waals surface area contributed by atoms with Crippen molar-refractivity contribution in [2.75, 3.05) is 0 Å². The highest BCUT2D eigenvalue weighted by Gasteiger charge is 2.09. The quantitative estimate of drug-likeness (QED) is 0.789. The van der Waals surface area contributed by atoms with E-state index in [1.54, 1.807) is 18.3 Å². The standard InChI is InChI=1S/C16H12FNO2/c17-13-9-11(10-19)6-7-14(13)20-15-5-1-3-12-4-2-8-18-16(12)15/h1-9,19H,10H2. The Labute approximate surface area is 115 Å². The molecular formula is C16H12FNO2. The van der Waals surface area contributed by atoms with Crippen LogP contribution >= 0.6 is 0 Å². The first-order valence-corrected chi connectivity index (χ1v) is 6.19. The number of halogens is 1. The number of rotatable bonds is 3. The van der Waals surface area contributed by atoms with Gasteiger partial charge in [0.1, 0.15) is 5.52 Å². The van der Waals surface area contributed by atoms with Crippen LogP contribution in [0.15, 0.2) is 54.7 Å². The lowest BCUT2D eigenvalue weighted by Gasteiger charge is -2.09. The molecule has 3 rings (SSSR count). The summed E-state index contributed by atoms with van der Waals surface area (Å²) in [4.78, 5) is 4.25. The maximum Gasteiger partial charge on any atom is 0.166 e. The normalized spacial score (nSPS) is 10.7. The minimum absolute atomic E-state index is 0.111. The first kappa shape index (κ1) is 12.6. The molecule has 1 N–H and O–H groups in total. The molecule has 0 bridgehead atoms. The van der Waals surface area contributed by atoms with Crippen molar-refractivity contribution in [3.63, 3.8) is 0 Å². The smallest absolute Gasteiger partial charge is 0.166 e. The molecule has 0 unspecified atom stereocenters. The molecule has 0 atom stereocenters. The van der Waals surface area contributed by atoms with Gasteiger partial charge in [0.05, 0.1) is 6.61 Å². The summed E-state index contributed by atoms with van der Waals surface area (Å²) in [6, 6.07) is 13.6. The molecule has 0 spiro atoms. The number of ether oxygens (including phenoxy) is 1. The molecule has 100 valence electrons. The van der Waals surface area contributed by atoms with Crippen molar-refractivity contribution in [1.82, 2.24) is 4.98 Å². The predicted molar refractivity (Wildman–Crippen MR) is 74.1 cm³/mol. The molecule has 1 heterocycles. The second-order valence-electron chi connectivity index (χ2n) is 4.36. The van der Waals surface area contributed by atoms with Crippen LogP contribution in [-0.2, 0) is 6.61 Å². The first-order chi connectivity index (χ1) is 9.78. The molecule has 20 heavy (non-hydrogen) atoms. The van der Waals surface area contributed by atoms with Crippen LogP contribution in [0.1, 0.15) is 5.56 Å². The van der Waals surface area contributed by atoms with Gasteiger partial charge in [-0.15, -0.1) is 0 Å². The zero-order valence-corrected chi connectivity index (χ0v) is 10.6. The van der Waals surface area contributed by atoms with Gasteiger partial charge in [-0.05, 0) is 29.8 Å². The van der Waals surface area contributed by atoms with Gasteiger partial charge in [-0.25, -0.2) is 4.39 Å². The highest BCUT2D eigenvalue weighted by atomic mass is 19.1. The predicted octanol–water partition coefficient (Wildman–Crippen LogP) is 3.66. The molecule has 0 radical (unpaired) electrons. The fourth-order valence-corrected chi connectivity index (χ4v) is 2.00. The summed E-state index contributed by atoms with van der Waals surface area (Å²) in [5.41, 5.74) is 1.19. The second kappa shape index (κ2) is 5.27. The number of fused-ring (bicyclic) bond motifs is 1. The highest BCUT2D eigenvalue weighted by molar-refractivity contribution is 5.84. The Balaban J connectivity index is 2.01. The Bertz CT molecular complexity index is 753. The van der Waals surface area contributed by atoms with E-state index in [0.717, 1.165) is 5.39 Å². The van der Waals surface area contributed by atoms with Crippen LogP contribution in [0, 0.1) is 5.82 Å². The van der Waals surface area contributed by atoms with Gasteiger partial charge in [-0.2, -0.15) is 0 Å². The summed E-state index contributed by atoms with van der Waals surface area (Å²) in [7, 11) is 0. The van der Waals surface area contributed by atoms with Gasteiger partial charge < -0.3 is 9.84 Å². The van der Waals surface area contributed by atoms with Crippen molar-refractivity contribution in [3.8, 4) is 11.5 Å². The molecule has 0 fully saturated rings. The van der Waals surface area contributed by atoms with Crippen molar-refractivity contribution < 1.29 is 14.2 Å². The van der Waals surface area contributed by atoms with Crippen molar-refractivity contribution in [2.24, 2.45) is 0 Å². The topological polar surface area (TPSA) is 42.4 Å². The molecular weight excluding hydrogens is 257 g/mol. The van der Waals surface area contributed by atoms with Crippen LogP contribution in [-0.4, -0.2) is 10.1 Å². The zero-order chi connectivity index (χ0) is 13.9. The number of aliphatic hydroxyl groups is 1. The molecule has 4 heteroatoms. The van der Waals surface area contributed by atoms with Gasteiger partial charge in [0, 0.05) is 11.6 Å². The van der Waals surface area contributed by atoms with E-state index in [9.17, 15) is 4.39 Å². The molecule has 0 saturated carbocycles. The highest BCUT2D eigenvalue weighted by Crippen LogP contribution is 2.30. The van der Waals surface area contributed by atoms with Gasteiger partial charge in [-0.3, -0.25) is 4.98 Å². The van der Waals surface area contributed by atoms with E-state index in [1.165, 1.54) is 12.1 Å². The second-order valence-corrected chi connectivity index (χ2v) is 4.36. The minimum Gasteiger partial charge on any atom is -0.452 e. The third-order valence-electron chi connectivity index (χ3n) is 2.99. The summed E-state index contributed by atoms with van der Waals surface area (Å²) >= 11 is 0. The van der Waals surface area contributed by atoms with Gasteiger partial charge >= 0.3 is 0 Å². The SMILES string of the molecule is OCc1ccc(Oc2cccc3cccnc23)c(F)c1. The van der Waals surface area contributed by atoms with Gasteiger partial charge in [0.25, 0.3) is 0 Å². The summed E-state index contributed by atoms with van der Waals surface area (Å²) in [6.07, 6.45) is 1.67. The lowest BCUT2D eigenvalue weighted by molar-refractivity contribution is 0.281. The van der Waals surface area contributed by atoms with E-state index < -0.39 is 5.82 Å². The number of aliphatic hydroxyl groups excluding tert-OH is 1. The monoisotopic (exact) mass is 269 g/mol.